The fourth-order valence-corrected chi connectivity index (χ4v) is 6.59. The number of aromatic nitrogens is 1. The number of halogens is 5. The highest BCUT2D eigenvalue weighted by atomic mass is 35.5. The molecule has 0 saturated carbocycles. The number of hydrogen-bond acceptors (Lipinski definition) is 4. The van der Waals surface area contributed by atoms with E-state index < -0.39 is 44.7 Å². The van der Waals surface area contributed by atoms with Crippen molar-refractivity contribution in [2.24, 2.45) is 0 Å². The third-order valence-electron chi connectivity index (χ3n) is 6.06. The summed E-state index contributed by atoms with van der Waals surface area (Å²) in [4.78, 5) is 12.5. The van der Waals surface area contributed by atoms with Crippen LogP contribution in [0, 0.1) is 0 Å². The van der Waals surface area contributed by atoms with Crippen LogP contribution in [0.2, 0.25) is 10.0 Å². The van der Waals surface area contributed by atoms with Gasteiger partial charge in [-0.2, -0.15) is 0 Å². The Hall–Kier alpha value is -3.47. The second-order valence-corrected chi connectivity index (χ2v) is 11.0. The van der Waals surface area contributed by atoms with Crippen molar-refractivity contribution >= 4 is 39.0 Å². The molecule has 0 aliphatic carbocycles. The predicted molar refractivity (Wildman–Crippen MR) is 137 cm³/mol. The van der Waals surface area contributed by atoms with Gasteiger partial charge in [-0.3, -0.25) is 9.36 Å². The molecule has 0 N–H and O–H groups in total. The van der Waals surface area contributed by atoms with Crippen molar-refractivity contribution in [3.8, 4) is 5.75 Å². The summed E-state index contributed by atoms with van der Waals surface area (Å²) in [6.07, 6.45) is -5.13. The number of fused-ring (bicyclic) bond motifs is 1. The van der Waals surface area contributed by atoms with Crippen LogP contribution in [-0.4, -0.2) is 19.3 Å². The first-order chi connectivity index (χ1) is 18.0. The van der Waals surface area contributed by atoms with Crippen molar-refractivity contribution in [2.45, 2.75) is 23.3 Å². The Bertz CT molecular complexity index is 1660. The minimum atomic E-state index is -5.13. The third kappa shape index (κ3) is 4.75. The normalized spacial score (nSPS) is 17.3. The number of pyridine rings is 1. The first kappa shape index (κ1) is 26.1. The predicted octanol–water partition coefficient (Wildman–Crippen LogP) is 6.59. The zero-order valence-corrected chi connectivity index (χ0v) is 21.5. The second kappa shape index (κ2) is 9.68. The topological polar surface area (TPSA) is 68.6 Å². The van der Waals surface area contributed by atoms with Crippen LogP contribution in [0.15, 0.2) is 101 Å². The number of anilines is 1. The molecule has 2 heterocycles. The second-order valence-electron chi connectivity index (χ2n) is 8.38. The van der Waals surface area contributed by atoms with E-state index in [1.54, 1.807) is 48.5 Å². The highest BCUT2D eigenvalue weighted by Crippen LogP contribution is 2.50. The molecule has 38 heavy (non-hydrogen) atoms. The van der Waals surface area contributed by atoms with Gasteiger partial charge in [0, 0.05) is 16.1 Å². The Kier molecular flexibility index (Phi) is 6.66. The molecule has 0 saturated heterocycles. The van der Waals surface area contributed by atoms with Crippen molar-refractivity contribution in [3.63, 3.8) is 0 Å². The summed E-state index contributed by atoms with van der Waals surface area (Å²) in [7, 11) is -4.74. The average Bonchev–Trinajstić information content (AvgIpc) is 3.21. The highest BCUT2D eigenvalue weighted by molar-refractivity contribution is 7.93. The number of sulfonamides is 1. The third-order valence-corrected chi connectivity index (χ3v) is 8.39. The zero-order chi connectivity index (χ0) is 27.2. The average molecular weight is 581 g/mol. The quantitative estimate of drug-likeness (QED) is 0.267. The van der Waals surface area contributed by atoms with E-state index in [-0.39, 0.29) is 5.82 Å². The Morgan fingerprint density at radius 2 is 1.29 bits per heavy atom. The van der Waals surface area contributed by atoms with Gasteiger partial charge in [-0.15, -0.1) is 13.2 Å². The molecule has 1 aromatic heterocycles. The molecule has 12 heteroatoms. The smallest absolute Gasteiger partial charge is 0.404 e. The number of alkyl halides is 3. The van der Waals surface area contributed by atoms with Crippen molar-refractivity contribution < 1.29 is 26.3 Å². The first-order valence-corrected chi connectivity index (χ1v) is 13.3. The van der Waals surface area contributed by atoms with E-state index >= 15 is 0 Å². The summed E-state index contributed by atoms with van der Waals surface area (Å²) in [5.74, 6) is -0.922. The van der Waals surface area contributed by atoms with Gasteiger partial charge in [0.05, 0.1) is 12.1 Å². The van der Waals surface area contributed by atoms with Crippen LogP contribution in [-0.2, 0) is 10.0 Å². The monoisotopic (exact) mass is 580 g/mol. The number of rotatable bonds is 5. The largest absolute Gasteiger partial charge is 0.573 e. The maximum atomic E-state index is 14.2. The number of ether oxygens (including phenoxy) is 1. The molecule has 196 valence electrons. The standard InChI is InChI=1S/C26H17Cl2F3N2O4S/c27-18-12-8-16(9-13-18)24-25(17-10-14-19(28)15-11-17)33(22-6-3-7-23(34)32(22)24)38(35,36)21-5-2-1-4-20(21)37-26(29,30)31/h1-15,24-25H. The minimum absolute atomic E-state index is 0.0285. The van der Waals surface area contributed by atoms with E-state index in [0.29, 0.717) is 21.2 Å². The molecule has 0 spiro atoms. The SMILES string of the molecule is O=c1cccc2n1C(c1ccc(Cl)cc1)C(c1ccc(Cl)cc1)N2S(=O)(=O)c1ccccc1OC(F)(F)F. The lowest BCUT2D eigenvalue weighted by molar-refractivity contribution is -0.275. The molecule has 0 radical (unpaired) electrons. The molecule has 4 aromatic rings. The molecule has 1 aliphatic heterocycles. The lowest BCUT2D eigenvalue weighted by Gasteiger charge is -2.29. The summed E-state index contributed by atoms with van der Waals surface area (Å²) >= 11 is 12.2. The first-order valence-electron chi connectivity index (χ1n) is 11.1. The summed E-state index contributed by atoms with van der Waals surface area (Å²) in [6.45, 7) is 0. The number of hydrogen-bond donors (Lipinski definition) is 0. The highest BCUT2D eigenvalue weighted by Gasteiger charge is 2.48. The summed E-state index contributed by atoms with van der Waals surface area (Å²) in [6, 6.07) is 19.5. The lowest BCUT2D eigenvalue weighted by atomic mass is 9.94. The molecule has 0 fully saturated rings. The molecule has 3 aromatic carbocycles. The summed E-state index contributed by atoms with van der Waals surface area (Å²) < 4.78 is 74.3. The van der Waals surface area contributed by atoms with Crippen molar-refractivity contribution in [1.82, 2.24) is 4.57 Å². The molecule has 2 atom stereocenters. The number of para-hydroxylation sites is 1. The van der Waals surface area contributed by atoms with E-state index in [1.807, 2.05) is 0 Å². The van der Waals surface area contributed by atoms with Crippen LogP contribution in [0.3, 0.4) is 0 Å². The van der Waals surface area contributed by atoms with Crippen LogP contribution in [0.25, 0.3) is 0 Å². The van der Waals surface area contributed by atoms with E-state index in [4.69, 9.17) is 23.2 Å². The van der Waals surface area contributed by atoms with Crippen LogP contribution < -0.4 is 14.6 Å². The molecular weight excluding hydrogens is 564 g/mol. The van der Waals surface area contributed by atoms with Gasteiger partial charge in [0.25, 0.3) is 15.6 Å². The summed E-state index contributed by atoms with van der Waals surface area (Å²) in [5.41, 5.74) is 0.510. The van der Waals surface area contributed by atoms with E-state index in [1.165, 1.54) is 34.9 Å². The maximum Gasteiger partial charge on any atom is 0.573 e. The van der Waals surface area contributed by atoms with Gasteiger partial charge in [-0.1, -0.05) is 65.7 Å². The van der Waals surface area contributed by atoms with Crippen molar-refractivity contribution in [1.29, 1.82) is 0 Å². The van der Waals surface area contributed by atoms with Gasteiger partial charge in [0.15, 0.2) is 0 Å². The molecular formula is C26H17Cl2F3N2O4S. The van der Waals surface area contributed by atoms with Gasteiger partial charge in [-0.25, -0.2) is 12.7 Å². The Balaban J connectivity index is 1.80. The molecule has 2 unspecified atom stereocenters. The van der Waals surface area contributed by atoms with Gasteiger partial charge in [0.1, 0.15) is 16.5 Å². The van der Waals surface area contributed by atoms with Crippen LogP contribution in [0.1, 0.15) is 23.2 Å². The van der Waals surface area contributed by atoms with Crippen molar-refractivity contribution in [2.75, 3.05) is 4.31 Å². The maximum absolute atomic E-state index is 14.2. The van der Waals surface area contributed by atoms with Crippen LogP contribution in [0.5, 0.6) is 5.75 Å². The zero-order valence-electron chi connectivity index (χ0n) is 19.1. The Morgan fingerprint density at radius 3 is 1.87 bits per heavy atom. The Labute approximate surface area is 225 Å². The van der Waals surface area contributed by atoms with E-state index in [9.17, 15) is 26.4 Å². The molecule has 6 nitrogen and oxygen atoms in total. The lowest BCUT2D eigenvalue weighted by Crippen LogP contribution is -2.34. The van der Waals surface area contributed by atoms with E-state index in [2.05, 4.69) is 4.74 Å². The molecule has 0 amide bonds. The molecule has 1 aliphatic rings. The summed E-state index contributed by atoms with van der Waals surface area (Å²) in [5, 5.41) is 0.820. The van der Waals surface area contributed by atoms with Gasteiger partial charge >= 0.3 is 6.36 Å². The van der Waals surface area contributed by atoms with Crippen LogP contribution >= 0.6 is 23.2 Å². The Morgan fingerprint density at radius 1 is 0.737 bits per heavy atom. The van der Waals surface area contributed by atoms with Crippen molar-refractivity contribution in [3.05, 3.63) is 123 Å². The van der Waals surface area contributed by atoms with Crippen LogP contribution in [0.4, 0.5) is 19.0 Å². The van der Waals surface area contributed by atoms with Gasteiger partial charge in [-0.05, 0) is 53.6 Å². The van der Waals surface area contributed by atoms with Gasteiger partial charge in [0.2, 0.25) is 0 Å². The molecule has 5 rings (SSSR count). The fraction of sp³-hybridized carbons (Fsp3) is 0.115. The number of nitrogens with zero attached hydrogens (tertiary/aromatic N) is 2. The fourth-order valence-electron chi connectivity index (χ4n) is 4.58. The van der Waals surface area contributed by atoms with E-state index in [0.717, 1.165) is 16.4 Å². The minimum Gasteiger partial charge on any atom is -0.404 e. The number of benzene rings is 3. The molecule has 0 bridgehead atoms. The van der Waals surface area contributed by atoms with Gasteiger partial charge < -0.3 is 4.74 Å².